The average Bonchev–Trinajstić information content (AvgIpc) is 2.82. The molecule has 1 aliphatic rings. The fraction of sp³-hybridized carbons (Fsp3) is 0.480. The molecule has 6 nitrogen and oxygen atoms in total. The van der Waals surface area contributed by atoms with Crippen LogP contribution in [0.1, 0.15) is 36.5 Å². The summed E-state index contributed by atoms with van der Waals surface area (Å²) in [4.78, 5) is 4.80. The number of nitrogens with zero attached hydrogens (tertiary/aromatic N) is 1. The van der Waals surface area contributed by atoms with Gasteiger partial charge in [-0.2, -0.15) is 0 Å². The number of rotatable bonds is 8. The van der Waals surface area contributed by atoms with Crippen molar-refractivity contribution in [2.24, 2.45) is 4.99 Å². The maximum atomic E-state index is 5.73. The Morgan fingerprint density at radius 3 is 2.42 bits per heavy atom. The van der Waals surface area contributed by atoms with Gasteiger partial charge in [-0.25, -0.2) is 4.99 Å². The summed E-state index contributed by atoms with van der Waals surface area (Å²) in [5, 5.41) is 6.97. The van der Waals surface area contributed by atoms with Crippen molar-refractivity contribution in [1.29, 1.82) is 0 Å². The lowest BCUT2D eigenvalue weighted by Gasteiger charge is -2.39. The fourth-order valence-electron chi connectivity index (χ4n) is 4.04. The molecule has 1 aliphatic heterocycles. The van der Waals surface area contributed by atoms with E-state index in [4.69, 9.17) is 19.2 Å². The van der Waals surface area contributed by atoms with Crippen molar-refractivity contribution in [3.63, 3.8) is 0 Å². The highest BCUT2D eigenvalue weighted by Crippen LogP contribution is 2.40. The Kier molecular flexibility index (Phi) is 8.18. The highest BCUT2D eigenvalue weighted by atomic mass is 16.5. The van der Waals surface area contributed by atoms with E-state index in [1.807, 2.05) is 24.3 Å². The number of benzene rings is 2. The van der Waals surface area contributed by atoms with E-state index >= 15 is 0 Å². The molecule has 0 spiro atoms. The Morgan fingerprint density at radius 2 is 1.77 bits per heavy atom. The molecule has 2 aromatic carbocycles. The van der Waals surface area contributed by atoms with Gasteiger partial charge in [0.1, 0.15) is 11.5 Å². The summed E-state index contributed by atoms with van der Waals surface area (Å²) in [6.45, 7) is 7.88. The molecule has 0 bridgehead atoms. The van der Waals surface area contributed by atoms with Crippen molar-refractivity contribution < 1.29 is 14.2 Å². The van der Waals surface area contributed by atoms with E-state index in [0.29, 0.717) is 6.54 Å². The number of nitrogens with one attached hydrogen (secondary N) is 2. The van der Waals surface area contributed by atoms with Crippen LogP contribution in [0.3, 0.4) is 0 Å². The van der Waals surface area contributed by atoms with Gasteiger partial charge in [0.2, 0.25) is 0 Å². The van der Waals surface area contributed by atoms with Gasteiger partial charge in [0.15, 0.2) is 5.96 Å². The summed E-state index contributed by atoms with van der Waals surface area (Å²) in [7, 11) is 3.42. The third-order valence-corrected chi connectivity index (χ3v) is 5.89. The Labute approximate surface area is 186 Å². The lowest BCUT2D eigenvalue weighted by atomic mass is 9.73. The predicted octanol–water partition coefficient (Wildman–Crippen LogP) is 3.82. The number of hydrogen-bond acceptors (Lipinski definition) is 4. The molecule has 168 valence electrons. The van der Waals surface area contributed by atoms with Gasteiger partial charge >= 0.3 is 0 Å². The van der Waals surface area contributed by atoms with Crippen molar-refractivity contribution in [1.82, 2.24) is 10.6 Å². The van der Waals surface area contributed by atoms with Gasteiger partial charge in [0.25, 0.3) is 0 Å². The molecule has 0 amide bonds. The number of guanidine groups is 1. The van der Waals surface area contributed by atoms with Crippen LogP contribution in [0.5, 0.6) is 11.5 Å². The van der Waals surface area contributed by atoms with Crippen molar-refractivity contribution >= 4 is 5.96 Å². The monoisotopic (exact) mass is 425 g/mol. The molecule has 3 rings (SSSR count). The molecule has 6 heteroatoms. The zero-order valence-electron chi connectivity index (χ0n) is 19.2. The molecule has 0 aliphatic carbocycles. The van der Waals surface area contributed by atoms with Crippen molar-refractivity contribution in [3.05, 3.63) is 59.2 Å². The van der Waals surface area contributed by atoms with E-state index in [-0.39, 0.29) is 5.41 Å². The topological polar surface area (TPSA) is 64.1 Å². The number of methoxy groups -OCH3 is 2. The first-order valence-corrected chi connectivity index (χ1v) is 11.0. The minimum Gasteiger partial charge on any atom is -0.497 e. The largest absolute Gasteiger partial charge is 0.497 e. The minimum absolute atomic E-state index is 0.0636. The molecule has 0 atom stereocenters. The summed E-state index contributed by atoms with van der Waals surface area (Å²) in [5.41, 5.74) is 3.56. The Morgan fingerprint density at radius 1 is 1.03 bits per heavy atom. The Bertz CT molecular complexity index is 859. The van der Waals surface area contributed by atoms with E-state index < -0.39 is 0 Å². The van der Waals surface area contributed by atoms with E-state index in [2.05, 4.69) is 42.7 Å². The van der Waals surface area contributed by atoms with Crippen molar-refractivity contribution in [3.8, 4) is 11.5 Å². The molecular formula is C25H35N3O3. The van der Waals surface area contributed by atoms with Crippen LogP contribution in [0.4, 0.5) is 0 Å². The van der Waals surface area contributed by atoms with E-state index in [1.165, 1.54) is 11.1 Å². The van der Waals surface area contributed by atoms with Gasteiger partial charge in [0, 0.05) is 37.3 Å². The normalized spacial score (nSPS) is 15.9. The summed E-state index contributed by atoms with van der Waals surface area (Å²) in [5.74, 6) is 2.61. The van der Waals surface area contributed by atoms with Crippen molar-refractivity contribution in [2.75, 3.05) is 40.5 Å². The lowest BCUT2D eigenvalue weighted by Crippen LogP contribution is -2.48. The molecule has 0 saturated carbocycles. The maximum absolute atomic E-state index is 5.73. The number of hydrogen-bond donors (Lipinski definition) is 2. The molecule has 1 fully saturated rings. The molecule has 2 N–H and O–H groups in total. The van der Waals surface area contributed by atoms with Crippen LogP contribution in [0.2, 0.25) is 0 Å². The number of aliphatic imine (C=N–C) groups is 1. The SMILES string of the molecule is CCNC(=NCc1ccc(OC)cc1)NCC1(c2cc(C)ccc2OC)CCOCC1. The van der Waals surface area contributed by atoms with Gasteiger partial charge in [-0.1, -0.05) is 29.8 Å². The molecule has 0 aromatic heterocycles. The predicted molar refractivity (Wildman–Crippen MR) is 125 cm³/mol. The molecule has 1 heterocycles. The maximum Gasteiger partial charge on any atom is 0.191 e. The summed E-state index contributed by atoms with van der Waals surface area (Å²) in [6, 6.07) is 14.5. The fourth-order valence-corrected chi connectivity index (χ4v) is 4.04. The van der Waals surface area contributed by atoms with Gasteiger partial charge in [0.05, 0.1) is 20.8 Å². The first kappa shape index (κ1) is 22.9. The molecule has 31 heavy (non-hydrogen) atoms. The molecule has 0 unspecified atom stereocenters. The second-order valence-corrected chi connectivity index (χ2v) is 7.99. The van der Waals surface area contributed by atoms with Crippen LogP contribution < -0.4 is 20.1 Å². The van der Waals surface area contributed by atoms with Crippen molar-refractivity contribution in [2.45, 2.75) is 38.6 Å². The average molecular weight is 426 g/mol. The Balaban J connectivity index is 1.79. The van der Waals surface area contributed by atoms with Crippen LogP contribution in [0.25, 0.3) is 0 Å². The van der Waals surface area contributed by atoms with Crippen LogP contribution >= 0.6 is 0 Å². The van der Waals surface area contributed by atoms with Crippen LogP contribution in [0.15, 0.2) is 47.5 Å². The molecule has 2 aromatic rings. The smallest absolute Gasteiger partial charge is 0.191 e. The summed E-state index contributed by atoms with van der Waals surface area (Å²) < 4.78 is 16.7. The quantitative estimate of drug-likeness (QED) is 0.497. The van der Waals surface area contributed by atoms with Crippen LogP contribution in [-0.2, 0) is 16.7 Å². The van der Waals surface area contributed by atoms with E-state index in [0.717, 1.165) is 62.2 Å². The highest BCUT2D eigenvalue weighted by Gasteiger charge is 2.37. The van der Waals surface area contributed by atoms with Crippen LogP contribution in [0, 0.1) is 6.92 Å². The first-order valence-electron chi connectivity index (χ1n) is 11.0. The summed E-state index contributed by atoms with van der Waals surface area (Å²) >= 11 is 0. The van der Waals surface area contributed by atoms with E-state index in [1.54, 1.807) is 14.2 Å². The lowest BCUT2D eigenvalue weighted by molar-refractivity contribution is 0.0505. The zero-order chi connectivity index (χ0) is 22.1. The standard InChI is InChI=1S/C25H35N3O3/c1-5-26-24(27-17-20-7-9-21(29-3)10-8-20)28-18-25(12-14-31-15-13-25)22-16-19(2)6-11-23(22)30-4/h6-11,16H,5,12-15,17-18H2,1-4H3,(H2,26,27,28). The molecular weight excluding hydrogens is 390 g/mol. The second-order valence-electron chi connectivity index (χ2n) is 7.99. The zero-order valence-corrected chi connectivity index (χ0v) is 19.2. The van der Waals surface area contributed by atoms with Gasteiger partial charge in [-0.15, -0.1) is 0 Å². The van der Waals surface area contributed by atoms with Gasteiger partial charge in [-0.3, -0.25) is 0 Å². The Hall–Kier alpha value is -2.73. The second kappa shape index (κ2) is 11.0. The van der Waals surface area contributed by atoms with Gasteiger partial charge in [-0.05, 0) is 50.5 Å². The molecule has 1 saturated heterocycles. The third kappa shape index (κ3) is 5.91. The van der Waals surface area contributed by atoms with E-state index in [9.17, 15) is 0 Å². The first-order chi connectivity index (χ1) is 15.1. The number of ether oxygens (including phenoxy) is 3. The summed E-state index contributed by atoms with van der Waals surface area (Å²) in [6.07, 6.45) is 1.88. The number of aryl methyl sites for hydroxylation is 1. The highest BCUT2D eigenvalue weighted by molar-refractivity contribution is 5.80. The molecule has 0 radical (unpaired) electrons. The third-order valence-electron chi connectivity index (χ3n) is 5.89. The minimum atomic E-state index is -0.0636. The van der Waals surface area contributed by atoms with Crippen LogP contribution in [-0.4, -0.2) is 46.5 Å². The van der Waals surface area contributed by atoms with Gasteiger partial charge < -0.3 is 24.8 Å².